The molecule has 1 aliphatic heterocycles. The lowest BCUT2D eigenvalue weighted by atomic mass is 10.1. The van der Waals surface area contributed by atoms with Crippen LogP contribution in [0.5, 0.6) is 0 Å². The van der Waals surface area contributed by atoms with E-state index in [1.807, 2.05) is 0 Å². The van der Waals surface area contributed by atoms with Gasteiger partial charge in [0, 0.05) is 12.5 Å². The van der Waals surface area contributed by atoms with Crippen molar-refractivity contribution in [3.63, 3.8) is 0 Å². The molecule has 0 amide bonds. The molecule has 2 rings (SSSR count). The molecule has 0 saturated carbocycles. The summed E-state index contributed by atoms with van der Waals surface area (Å²) in [7, 11) is -3.56. The molecule has 1 unspecified atom stereocenters. The Bertz CT molecular complexity index is 585. The van der Waals surface area contributed by atoms with Crippen molar-refractivity contribution in [3.05, 3.63) is 24.0 Å². The Labute approximate surface area is 104 Å². The van der Waals surface area contributed by atoms with Crippen LogP contribution in [0.15, 0.2) is 23.1 Å². The monoisotopic (exact) mass is 273 g/mol. The third-order valence-corrected chi connectivity index (χ3v) is 4.64. The van der Waals surface area contributed by atoms with Gasteiger partial charge in [-0.05, 0) is 18.6 Å². The average molecular weight is 273 g/mol. The molecule has 1 aliphatic rings. The summed E-state index contributed by atoms with van der Waals surface area (Å²) in [5, 5.41) is 11.3. The Morgan fingerprint density at radius 2 is 2.22 bits per heavy atom. The van der Waals surface area contributed by atoms with Crippen molar-refractivity contribution < 1.29 is 22.7 Å². The molecule has 0 radical (unpaired) electrons. The molecule has 0 saturated heterocycles. The van der Waals surface area contributed by atoms with Gasteiger partial charge in [-0.15, -0.1) is 0 Å². The van der Waals surface area contributed by atoms with Gasteiger partial charge in [0.15, 0.2) is 9.84 Å². The SMILES string of the molecule is O=C(O)CCC1CS(=O)(=O)c2cccc(F)c2N1. The minimum Gasteiger partial charge on any atom is -0.481 e. The minimum absolute atomic E-state index is 0.0564. The molecule has 0 bridgehead atoms. The first-order valence-corrected chi connectivity index (χ1v) is 7.05. The van der Waals surface area contributed by atoms with Crippen LogP contribution in [0.25, 0.3) is 0 Å². The van der Waals surface area contributed by atoms with Crippen molar-refractivity contribution in [2.24, 2.45) is 0 Å². The summed E-state index contributed by atoms with van der Waals surface area (Å²) in [6.45, 7) is 0. The van der Waals surface area contributed by atoms with Crippen LogP contribution in [0.2, 0.25) is 0 Å². The molecular weight excluding hydrogens is 261 g/mol. The van der Waals surface area contributed by atoms with Gasteiger partial charge in [0.1, 0.15) is 5.82 Å². The van der Waals surface area contributed by atoms with E-state index in [9.17, 15) is 17.6 Å². The van der Waals surface area contributed by atoms with Crippen LogP contribution in [0.1, 0.15) is 12.8 Å². The van der Waals surface area contributed by atoms with E-state index >= 15 is 0 Å². The molecule has 2 N–H and O–H groups in total. The number of aliphatic carboxylic acids is 1. The molecule has 0 aromatic heterocycles. The smallest absolute Gasteiger partial charge is 0.303 e. The molecule has 1 heterocycles. The number of nitrogens with one attached hydrogen (secondary N) is 1. The summed E-state index contributed by atoms with van der Waals surface area (Å²) in [6, 6.07) is 3.27. The summed E-state index contributed by atoms with van der Waals surface area (Å²) in [5.74, 6) is -1.86. The molecule has 0 fully saturated rings. The molecule has 0 spiro atoms. The summed E-state index contributed by atoms with van der Waals surface area (Å²) >= 11 is 0. The zero-order valence-corrected chi connectivity index (χ0v) is 10.2. The van der Waals surface area contributed by atoms with Crippen molar-refractivity contribution in [2.75, 3.05) is 11.1 Å². The maximum absolute atomic E-state index is 13.5. The number of carbonyl (C=O) groups is 1. The van der Waals surface area contributed by atoms with Crippen LogP contribution in [-0.4, -0.2) is 31.3 Å². The summed E-state index contributed by atoms with van der Waals surface area (Å²) < 4.78 is 37.4. The fourth-order valence-electron chi connectivity index (χ4n) is 1.96. The molecule has 0 aliphatic carbocycles. The number of halogens is 1. The van der Waals surface area contributed by atoms with E-state index in [1.165, 1.54) is 18.2 Å². The Morgan fingerprint density at radius 1 is 1.50 bits per heavy atom. The topological polar surface area (TPSA) is 83.5 Å². The lowest BCUT2D eigenvalue weighted by molar-refractivity contribution is -0.137. The second kappa shape index (κ2) is 4.56. The molecular formula is C11H12FNO4S. The van der Waals surface area contributed by atoms with Gasteiger partial charge < -0.3 is 10.4 Å². The van der Waals surface area contributed by atoms with Gasteiger partial charge in [-0.25, -0.2) is 12.8 Å². The Hall–Kier alpha value is -1.63. The van der Waals surface area contributed by atoms with Crippen molar-refractivity contribution in [3.8, 4) is 0 Å². The third-order valence-electron chi connectivity index (χ3n) is 2.79. The van der Waals surface area contributed by atoms with Gasteiger partial charge in [-0.3, -0.25) is 4.79 Å². The number of rotatable bonds is 3. The predicted molar refractivity (Wildman–Crippen MR) is 62.7 cm³/mol. The average Bonchev–Trinajstić information content (AvgIpc) is 2.27. The van der Waals surface area contributed by atoms with E-state index in [0.29, 0.717) is 0 Å². The second-order valence-electron chi connectivity index (χ2n) is 4.17. The molecule has 18 heavy (non-hydrogen) atoms. The van der Waals surface area contributed by atoms with Gasteiger partial charge in [0.25, 0.3) is 0 Å². The number of fused-ring (bicyclic) bond motifs is 1. The van der Waals surface area contributed by atoms with Crippen LogP contribution in [-0.2, 0) is 14.6 Å². The number of benzene rings is 1. The lowest BCUT2D eigenvalue weighted by Gasteiger charge is -2.26. The quantitative estimate of drug-likeness (QED) is 0.866. The first-order chi connectivity index (χ1) is 8.40. The van der Waals surface area contributed by atoms with E-state index in [4.69, 9.17) is 5.11 Å². The highest BCUT2D eigenvalue weighted by Crippen LogP contribution is 2.31. The molecule has 5 nitrogen and oxygen atoms in total. The number of hydrogen-bond acceptors (Lipinski definition) is 4. The zero-order chi connectivity index (χ0) is 13.3. The number of sulfone groups is 1. The van der Waals surface area contributed by atoms with Crippen molar-refractivity contribution >= 4 is 21.5 Å². The second-order valence-corrected chi connectivity index (χ2v) is 6.17. The summed E-state index contributed by atoms with van der Waals surface area (Å²) in [6.07, 6.45) is -0.0146. The zero-order valence-electron chi connectivity index (χ0n) is 9.39. The minimum atomic E-state index is -3.56. The van der Waals surface area contributed by atoms with Gasteiger partial charge in [0.05, 0.1) is 16.3 Å². The first kappa shape index (κ1) is 12.8. The van der Waals surface area contributed by atoms with E-state index in [2.05, 4.69) is 5.32 Å². The van der Waals surface area contributed by atoms with Crippen LogP contribution >= 0.6 is 0 Å². The third kappa shape index (κ3) is 2.45. The molecule has 1 atom stereocenters. The van der Waals surface area contributed by atoms with Crippen LogP contribution in [0.3, 0.4) is 0 Å². The molecule has 1 aromatic rings. The Kier molecular flexibility index (Phi) is 3.25. The van der Waals surface area contributed by atoms with E-state index in [0.717, 1.165) is 0 Å². The van der Waals surface area contributed by atoms with Crippen molar-refractivity contribution in [1.29, 1.82) is 0 Å². The molecule has 98 valence electrons. The largest absolute Gasteiger partial charge is 0.481 e. The normalized spacial score (nSPS) is 20.8. The van der Waals surface area contributed by atoms with Crippen molar-refractivity contribution in [2.45, 2.75) is 23.8 Å². The number of para-hydroxylation sites is 1. The van der Waals surface area contributed by atoms with Crippen LogP contribution in [0.4, 0.5) is 10.1 Å². The fraction of sp³-hybridized carbons (Fsp3) is 0.364. The maximum Gasteiger partial charge on any atom is 0.303 e. The maximum atomic E-state index is 13.5. The van der Waals surface area contributed by atoms with Crippen LogP contribution < -0.4 is 5.32 Å². The van der Waals surface area contributed by atoms with Gasteiger partial charge in [0.2, 0.25) is 0 Å². The van der Waals surface area contributed by atoms with E-state index < -0.39 is 27.7 Å². The number of carboxylic acid groups (broad SMARTS) is 1. The number of carboxylic acids is 1. The first-order valence-electron chi connectivity index (χ1n) is 5.40. The van der Waals surface area contributed by atoms with E-state index in [-0.39, 0.29) is 29.2 Å². The highest BCUT2D eigenvalue weighted by Gasteiger charge is 2.31. The van der Waals surface area contributed by atoms with Gasteiger partial charge in [-0.2, -0.15) is 0 Å². The standard InChI is InChI=1S/C11H12FNO4S/c12-8-2-1-3-9-11(8)13-7(4-5-10(14)15)6-18(9,16)17/h1-3,7,13H,4-6H2,(H,14,15). The predicted octanol–water partition coefficient (Wildman–Crippen LogP) is 1.26. The number of hydrogen-bond donors (Lipinski definition) is 2. The molecule has 1 aromatic carbocycles. The van der Waals surface area contributed by atoms with Crippen molar-refractivity contribution in [1.82, 2.24) is 0 Å². The molecule has 7 heteroatoms. The Morgan fingerprint density at radius 3 is 2.89 bits per heavy atom. The summed E-state index contributed by atoms with van der Waals surface area (Å²) in [4.78, 5) is 10.4. The highest BCUT2D eigenvalue weighted by molar-refractivity contribution is 7.91. The van der Waals surface area contributed by atoms with E-state index in [1.54, 1.807) is 0 Å². The van der Waals surface area contributed by atoms with Gasteiger partial charge >= 0.3 is 5.97 Å². The highest BCUT2D eigenvalue weighted by atomic mass is 32.2. The Balaban J connectivity index is 2.31. The summed E-state index contributed by atoms with van der Waals surface area (Å²) in [5.41, 5.74) is -0.0564. The van der Waals surface area contributed by atoms with Crippen LogP contribution in [0, 0.1) is 5.82 Å². The van der Waals surface area contributed by atoms with Gasteiger partial charge in [-0.1, -0.05) is 6.07 Å². The number of anilines is 1. The fourth-order valence-corrected chi connectivity index (χ4v) is 3.67. The lowest BCUT2D eigenvalue weighted by Crippen LogP contribution is -2.35.